The number of nitrogen functional groups attached to an aromatic ring is 1. The Morgan fingerprint density at radius 3 is 2.95 bits per heavy atom. The molecule has 1 aliphatic carbocycles. The first-order valence-electron chi connectivity index (χ1n) is 6.46. The van der Waals surface area contributed by atoms with Crippen LogP contribution < -0.4 is 16.0 Å². The number of nitrogens with one attached hydrogen (secondary N) is 1. The van der Waals surface area contributed by atoms with Crippen LogP contribution in [0.2, 0.25) is 0 Å². The third kappa shape index (κ3) is 2.76. The van der Waals surface area contributed by atoms with E-state index in [-0.39, 0.29) is 11.9 Å². The second kappa shape index (κ2) is 5.00. The standard InChI is InChI=1S/C12H17N5O2/c13-10-5-15-11(6-14-10)17-3-4-19-7-9(17)12(18)16-8-1-2-8/h5-6,8-9H,1-4,7H2,(H2,13,14)(H,16,18). The van der Waals surface area contributed by atoms with E-state index < -0.39 is 0 Å². The van der Waals surface area contributed by atoms with Crippen LogP contribution in [0.1, 0.15) is 12.8 Å². The molecule has 102 valence electrons. The summed E-state index contributed by atoms with van der Waals surface area (Å²) in [5, 5.41) is 3.00. The average molecular weight is 263 g/mol. The lowest BCUT2D eigenvalue weighted by atomic mass is 10.2. The van der Waals surface area contributed by atoms with E-state index in [9.17, 15) is 4.79 Å². The fraction of sp³-hybridized carbons (Fsp3) is 0.583. The van der Waals surface area contributed by atoms with Crippen LogP contribution in [0, 0.1) is 0 Å². The van der Waals surface area contributed by atoms with Crippen LogP contribution in [0.4, 0.5) is 11.6 Å². The molecule has 0 spiro atoms. The second-order valence-corrected chi connectivity index (χ2v) is 4.87. The Morgan fingerprint density at radius 2 is 2.26 bits per heavy atom. The molecule has 2 heterocycles. The summed E-state index contributed by atoms with van der Waals surface area (Å²) in [7, 11) is 0. The Labute approximate surface area is 111 Å². The summed E-state index contributed by atoms with van der Waals surface area (Å²) in [5.74, 6) is 1.03. The van der Waals surface area contributed by atoms with Gasteiger partial charge < -0.3 is 20.7 Å². The Morgan fingerprint density at radius 1 is 1.42 bits per heavy atom. The maximum Gasteiger partial charge on any atom is 0.245 e. The van der Waals surface area contributed by atoms with E-state index in [2.05, 4.69) is 15.3 Å². The number of hydrogen-bond acceptors (Lipinski definition) is 6. The van der Waals surface area contributed by atoms with Gasteiger partial charge in [0.1, 0.15) is 17.7 Å². The fourth-order valence-corrected chi connectivity index (χ4v) is 2.10. The molecule has 3 N–H and O–H groups in total. The summed E-state index contributed by atoms with van der Waals surface area (Å²) >= 11 is 0. The van der Waals surface area contributed by atoms with Crippen molar-refractivity contribution in [3.8, 4) is 0 Å². The van der Waals surface area contributed by atoms with Gasteiger partial charge in [-0.25, -0.2) is 9.97 Å². The minimum Gasteiger partial charge on any atom is -0.382 e. The zero-order valence-corrected chi connectivity index (χ0v) is 10.6. The van der Waals surface area contributed by atoms with Crippen LogP contribution in [-0.4, -0.2) is 47.7 Å². The molecule has 7 heteroatoms. The SMILES string of the molecule is Nc1cnc(N2CCOCC2C(=O)NC2CC2)cn1. The van der Waals surface area contributed by atoms with Crippen molar-refractivity contribution >= 4 is 17.5 Å². The van der Waals surface area contributed by atoms with E-state index in [0.29, 0.717) is 37.4 Å². The third-order valence-corrected chi connectivity index (χ3v) is 3.31. The number of ether oxygens (including phenoxy) is 1. The van der Waals surface area contributed by atoms with Gasteiger partial charge in [-0.3, -0.25) is 4.79 Å². The molecule has 0 aromatic carbocycles. The van der Waals surface area contributed by atoms with E-state index >= 15 is 0 Å². The molecule has 2 aliphatic rings. The number of nitrogens with zero attached hydrogens (tertiary/aromatic N) is 3. The van der Waals surface area contributed by atoms with Crippen molar-refractivity contribution in [2.75, 3.05) is 30.4 Å². The molecular formula is C12H17N5O2. The van der Waals surface area contributed by atoms with Gasteiger partial charge in [0.25, 0.3) is 0 Å². The van der Waals surface area contributed by atoms with Crippen molar-refractivity contribution in [3.05, 3.63) is 12.4 Å². The topological polar surface area (TPSA) is 93.4 Å². The quantitative estimate of drug-likeness (QED) is 0.766. The second-order valence-electron chi connectivity index (χ2n) is 4.87. The van der Waals surface area contributed by atoms with Crippen molar-refractivity contribution in [2.45, 2.75) is 24.9 Å². The van der Waals surface area contributed by atoms with Gasteiger partial charge in [-0.1, -0.05) is 0 Å². The summed E-state index contributed by atoms with van der Waals surface area (Å²) in [4.78, 5) is 22.4. The van der Waals surface area contributed by atoms with Crippen LogP contribution in [-0.2, 0) is 9.53 Å². The number of morpholine rings is 1. The molecule has 1 aromatic heterocycles. The van der Waals surface area contributed by atoms with Gasteiger partial charge in [-0.05, 0) is 12.8 Å². The molecule has 3 rings (SSSR count). The summed E-state index contributed by atoms with van der Waals surface area (Å²) in [6.07, 6.45) is 5.24. The lowest BCUT2D eigenvalue weighted by Crippen LogP contribution is -2.54. The number of rotatable bonds is 3. The molecule has 2 fully saturated rings. The van der Waals surface area contributed by atoms with Crippen molar-refractivity contribution in [1.29, 1.82) is 0 Å². The zero-order chi connectivity index (χ0) is 13.2. The van der Waals surface area contributed by atoms with Gasteiger partial charge in [0.05, 0.1) is 25.6 Å². The number of aromatic nitrogens is 2. The maximum atomic E-state index is 12.2. The molecule has 1 aliphatic heterocycles. The molecule has 1 unspecified atom stereocenters. The highest BCUT2D eigenvalue weighted by atomic mass is 16.5. The van der Waals surface area contributed by atoms with Crippen LogP contribution in [0.25, 0.3) is 0 Å². The van der Waals surface area contributed by atoms with Crippen molar-refractivity contribution in [2.24, 2.45) is 0 Å². The normalized spacial score (nSPS) is 23.2. The molecule has 7 nitrogen and oxygen atoms in total. The van der Waals surface area contributed by atoms with E-state index in [4.69, 9.17) is 10.5 Å². The largest absolute Gasteiger partial charge is 0.382 e. The van der Waals surface area contributed by atoms with Gasteiger partial charge in [-0.15, -0.1) is 0 Å². The summed E-state index contributed by atoms with van der Waals surface area (Å²) < 4.78 is 5.41. The molecule has 1 atom stereocenters. The zero-order valence-electron chi connectivity index (χ0n) is 10.6. The minimum absolute atomic E-state index is 0.000764. The van der Waals surface area contributed by atoms with Gasteiger partial charge in [0.2, 0.25) is 5.91 Å². The Balaban J connectivity index is 1.75. The van der Waals surface area contributed by atoms with Gasteiger partial charge in [-0.2, -0.15) is 0 Å². The van der Waals surface area contributed by atoms with Crippen LogP contribution in [0.5, 0.6) is 0 Å². The van der Waals surface area contributed by atoms with Crippen molar-refractivity contribution in [3.63, 3.8) is 0 Å². The van der Waals surface area contributed by atoms with Crippen LogP contribution in [0.15, 0.2) is 12.4 Å². The van der Waals surface area contributed by atoms with Gasteiger partial charge >= 0.3 is 0 Å². The molecule has 1 aromatic rings. The monoisotopic (exact) mass is 263 g/mol. The maximum absolute atomic E-state index is 12.2. The van der Waals surface area contributed by atoms with Crippen LogP contribution >= 0.6 is 0 Å². The number of amides is 1. The van der Waals surface area contributed by atoms with Crippen LogP contribution in [0.3, 0.4) is 0 Å². The van der Waals surface area contributed by atoms with Crippen molar-refractivity contribution < 1.29 is 9.53 Å². The first kappa shape index (κ1) is 12.2. The number of carbonyl (C=O) groups excluding carboxylic acids is 1. The van der Waals surface area contributed by atoms with E-state index in [0.717, 1.165) is 12.8 Å². The summed E-state index contributed by atoms with van der Waals surface area (Å²) in [5.41, 5.74) is 5.53. The first-order valence-corrected chi connectivity index (χ1v) is 6.46. The molecule has 1 amide bonds. The smallest absolute Gasteiger partial charge is 0.245 e. The van der Waals surface area contributed by atoms with Crippen molar-refractivity contribution in [1.82, 2.24) is 15.3 Å². The van der Waals surface area contributed by atoms with E-state index in [1.807, 2.05) is 4.90 Å². The predicted octanol–water partition coefficient (Wildman–Crippen LogP) is -0.457. The highest BCUT2D eigenvalue weighted by molar-refractivity contribution is 5.85. The number of nitrogens with two attached hydrogens (primary N) is 1. The third-order valence-electron chi connectivity index (χ3n) is 3.31. The summed E-state index contributed by atoms with van der Waals surface area (Å²) in [6, 6.07) is 0.000975. The number of carbonyl (C=O) groups is 1. The molecular weight excluding hydrogens is 246 g/mol. The minimum atomic E-state index is -0.340. The fourth-order valence-electron chi connectivity index (χ4n) is 2.10. The Kier molecular flexibility index (Phi) is 3.20. The van der Waals surface area contributed by atoms with E-state index in [1.165, 1.54) is 6.20 Å². The highest BCUT2D eigenvalue weighted by Crippen LogP contribution is 2.21. The molecule has 0 radical (unpaired) electrons. The molecule has 19 heavy (non-hydrogen) atoms. The molecule has 0 bridgehead atoms. The Hall–Kier alpha value is -1.89. The molecule has 1 saturated carbocycles. The van der Waals surface area contributed by atoms with Gasteiger partial charge in [0.15, 0.2) is 0 Å². The Bertz CT molecular complexity index is 460. The lowest BCUT2D eigenvalue weighted by Gasteiger charge is -2.35. The predicted molar refractivity (Wildman–Crippen MR) is 69.6 cm³/mol. The first-order chi connectivity index (χ1) is 9.24. The number of anilines is 2. The lowest BCUT2D eigenvalue weighted by molar-refractivity contribution is -0.124. The molecule has 1 saturated heterocycles. The highest BCUT2D eigenvalue weighted by Gasteiger charge is 2.33. The summed E-state index contributed by atoms with van der Waals surface area (Å²) in [6.45, 7) is 1.59. The average Bonchev–Trinajstić information content (AvgIpc) is 3.23. The van der Waals surface area contributed by atoms with Gasteiger partial charge in [0, 0.05) is 12.6 Å². The van der Waals surface area contributed by atoms with E-state index in [1.54, 1.807) is 6.20 Å². The number of hydrogen-bond donors (Lipinski definition) is 2.